The highest BCUT2D eigenvalue weighted by molar-refractivity contribution is 7.91. The molecular formula is C20H27N3O6S. The maximum Gasteiger partial charge on any atom is 0.340 e. The average Bonchev–Trinajstić information content (AvgIpc) is 3.17. The van der Waals surface area contributed by atoms with Crippen LogP contribution in [0, 0.1) is 0 Å². The first kappa shape index (κ1) is 22.2. The van der Waals surface area contributed by atoms with Gasteiger partial charge in [0.25, 0.3) is 0 Å². The van der Waals surface area contributed by atoms with Gasteiger partial charge in [-0.2, -0.15) is 0 Å². The maximum atomic E-state index is 13.0. The third kappa shape index (κ3) is 4.49. The lowest BCUT2D eigenvalue weighted by Gasteiger charge is -2.30. The Bertz CT molecular complexity index is 932. The fourth-order valence-corrected chi connectivity index (χ4v) is 5.50. The van der Waals surface area contributed by atoms with Gasteiger partial charge < -0.3 is 4.74 Å². The van der Waals surface area contributed by atoms with Crippen molar-refractivity contribution in [2.75, 3.05) is 36.2 Å². The zero-order valence-electron chi connectivity index (χ0n) is 17.2. The smallest absolute Gasteiger partial charge is 0.340 e. The van der Waals surface area contributed by atoms with Crippen LogP contribution in [0.25, 0.3) is 0 Å². The highest BCUT2D eigenvalue weighted by Gasteiger charge is 2.47. The van der Waals surface area contributed by atoms with E-state index < -0.39 is 27.7 Å². The van der Waals surface area contributed by atoms with Gasteiger partial charge in [-0.05, 0) is 31.9 Å². The fraction of sp³-hybridized carbons (Fsp3) is 0.550. The summed E-state index contributed by atoms with van der Waals surface area (Å²) >= 11 is 0. The number of para-hydroxylation sites is 2. The van der Waals surface area contributed by atoms with E-state index in [1.165, 1.54) is 0 Å². The van der Waals surface area contributed by atoms with Gasteiger partial charge in [0, 0.05) is 12.6 Å². The predicted octanol–water partition coefficient (Wildman–Crippen LogP) is 1.63. The number of rotatable bonds is 9. The summed E-state index contributed by atoms with van der Waals surface area (Å²) < 4.78 is 29.3. The van der Waals surface area contributed by atoms with Crippen molar-refractivity contribution in [1.29, 1.82) is 0 Å². The van der Waals surface area contributed by atoms with Crippen molar-refractivity contribution in [3.63, 3.8) is 0 Å². The summed E-state index contributed by atoms with van der Waals surface area (Å²) in [6, 6.07) is 5.52. The van der Waals surface area contributed by atoms with Crippen molar-refractivity contribution in [3.8, 4) is 5.75 Å². The van der Waals surface area contributed by atoms with Crippen LogP contribution in [0.2, 0.25) is 0 Å². The molecule has 0 saturated carbocycles. The Morgan fingerprint density at radius 1 is 1.13 bits per heavy atom. The monoisotopic (exact) mass is 437 g/mol. The number of nitrogens with zero attached hydrogens (tertiary/aromatic N) is 3. The van der Waals surface area contributed by atoms with Crippen LogP contribution in [0.4, 0.5) is 10.5 Å². The van der Waals surface area contributed by atoms with Crippen LogP contribution in [0.3, 0.4) is 0 Å². The van der Waals surface area contributed by atoms with Gasteiger partial charge in [-0.1, -0.05) is 25.5 Å². The van der Waals surface area contributed by atoms with Crippen molar-refractivity contribution >= 4 is 33.4 Å². The molecule has 1 atom stereocenters. The molecule has 0 bridgehead atoms. The number of carbonyl (C=O) groups excluding carboxylic acids is 3. The zero-order chi connectivity index (χ0) is 21.9. The number of urea groups is 1. The van der Waals surface area contributed by atoms with E-state index in [2.05, 4.69) is 0 Å². The van der Waals surface area contributed by atoms with Crippen LogP contribution < -0.4 is 9.64 Å². The third-order valence-corrected chi connectivity index (χ3v) is 7.06. The number of ether oxygens (including phenoxy) is 1. The number of imide groups is 2. The van der Waals surface area contributed by atoms with Gasteiger partial charge in [0.05, 0.1) is 30.5 Å². The fourth-order valence-electron chi connectivity index (χ4n) is 3.74. The molecule has 0 aromatic heterocycles. The van der Waals surface area contributed by atoms with E-state index in [0.717, 1.165) is 22.6 Å². The van der Waals surface area contributed by atoms with Crippen LogP contribution in [0.5, 0.6) is 5.75 Å². The molecule has 9 nitrogen and oxygen atoms in total. The van der Waals surface area contributed by atoms with Gasteiger partial charge in [-0.25, -0.2) is 23.0 Å². The lowest BCUT2D eigenvalue weighted by atomic mass is 10.2. The Labute approximate surface area is 176 Å². The van der Waals surface area contributed by atoms with Crippen LogP contribution in [0.1, 0.15) is 33.1 Å². The Balaban J connectivity index is 1.84. The van der Waals surface area contributed by atoms with E-state index in [1.807, 2.05) is 11.8 Å². The zero-order valence-corrected chi connectivity index (χ0v) is 18.1. The minimum atomic E-state index is -3.13. The topological polar surface area (TPSA) is 104 Å². The van der Waals surface area contributed by atoms with Crippen molar-refractivity contribution in [2.45, 2.75) is 39.2 Å². The van der Waals surface area contributed by atoms with E-state index in [1.54, 1.807) is 31.2 Å². The van der Waals surface area contributed by atoms with Gasteiger partial charge >= 0.3 is 17.8 Å². The minimum Gasteiger partial charge on any atom is -0.492 e. The average molecular weight is 438 g/mol. The molecule has 2 aliphatic rings. The molecule has 164 valence electrons. The first-order chi connectivity index (χ1) is 14.3. The van der Waals surface area contributed by atoms with E-state index >= 15 is 0 Å². The molecule has 10 heteroatoms. The van der Waals surface area contributed by atoms with Gasteiger partial charge in [-0.15, -0.1) is 0 Å². The molecule has 0 radical (unpaired) electrons. The van der Waals surface area contributed by atoms with Gasteiger partial charge in [-0.3, -0.25) is 14.5 Å². The Morgan fingerprint density at radius 3 is 2.50 bits per heavy atom. The second-order valence-corrected chi connectivity index (χ2v) is 9.65. The lowest BCUT2D eigenvalue weighted by Crippen LogP contribution is -2.47. The predicted molar refractivity (Wildman–Crippen MR) is 111 cm³/mol. The van der Waals surface area contributed by atoms with E-state index in [0.29, 0.717) is 25.3 Å². The van der Waals surface area contributed by atoms with Crippen LogP contribution >= 0.6 is 0 Å². The molecular weight excluding hydrogens is 410 g/mol. The summed E-state index contributed by atoms with van der Waals surface area (Å²) in [4.78, 5) is 41.9. The second kappa shape index (κ2) is 9.13. The summed E-state index contributed by atoms with van der Waals surface area (Å²) in [5.74, 6) is -1.44. The molecule has 0 spiro atoms. The maximum absolute atomic E-state index is 13.0. The van der Waals surface area contributed by atoms with Crippen molar-refractivity contribution in [1.82, 2.24) is 9.80 Å². The summed E-state index contributed by atoms with van der Waals surface area (Å²) in [6.07, 6.45) is 2.12. The highest BCUT2D eigenvalue weighted by atomic mass is 32.2. The quantitative estimate of drug-likeness (QED) is 0.427. The Morgan fingerprint density at radius 2 is 1.87 bits per heavy atom. The van der Waals surface area contributed by atoms with Gasteiger partial charge in [0.15, 0.2) is 9.84 Å². The molecule has 30 heavy (non-hydrogen) atoms. The van der Waals surface area contributed by atoms with Gasteiger partial charge in [0.1, 0.15) is 5.75 Å². The molecule has 2 fully saturated rings. The van der Waals surface area contributed by atoms with Crippen LogP contribution in [-0.2, 0) is 19.4 Å². The normalized spacial score (nSPS) is 21.2. The molecule has 2 aliphatic heterocycles. The summed E-state index contributed by atoms with van der Waals surface area (Å²) in [5.41, 5.74) is 0.216. The first-order valence-corrected chi connectivity index (χ1v) is 12.0. The number of hydrogen-bond acceptors (Lipinski definition) is 7. The second-order valence-electron chi connectivity index (χ2n) is 7.42. The largest absolute Gasteiger partial charge is 0.492 e. The first-order valence-electron chi connectivity index (χ1n) is 10.1. The number of carbonyl (C=O) groups is 3. The molecule has 4 amide bonds. The SMILES string of the molecule is CCCCN(CN1C(=O)C(=O)N(c2ccccc2OCC)C1=O)C1CCS(=O)(=O)C1. The molecule has 0 N–H and O–H groups in total. The number of hydrogen-bond donors (Lipinski definition) is 0. The molecule has 2 saturated heterocycles. The minimum absolute atomic E-state index is 0.00221. The van der Waals surface area contributed by atoms with Crippen molar-refractivity contribution < 1.29 is 27.5 Å². The summed E-state index contributed by atoms with van der Waals surface area (Å²) in [5, 5.41) is 0. The molecule has 1 aromatic carbocycles. The molecule has 1 unspecified atom stereocenters. The molecule has 0 aliphatic carbocycles. The number of anilines is 1. The molecule has 3 rings (SSSR count). The lowest BCUT2D eigenvalue weighted by molar-refractivity contribution is -0.140. The van der Waals surface area contributed by atoms with Gasteiger partial charge in [0.2, 0.25) is 0 Å². The van der Waals surface area contributed by atoms with Crippen molar-refractivity contribution in [2.24, 2.45) is 0 Å². The number of amides is 4. The standard InChI is InChI=1S/C20H27N3O6S/c1-3-5-11-21(15-10-12-30(27,28)13-15)14-22-18(24)19(25)23(20(22)26)16-8-6-7-9-17(16)29-4-2/h6-9,15H,3-5,10-14H2,1-2H3. The number of sulfone groups is 1. The van der Waals surface area contributed by atoms with Crippen LogP contribution in [-0.4, -0.2) is 73.4 Å². The van der Waals surface area contributed by atoms with Crippen LogP contribution in [0.15, 0.2) is 24.3 Å². The Hall–Kier alpha value is -2.46. The van der Waals surface area contributed by atoms with E-state index in [-0.39, 0.29) is 29.9 Å². The summed E-state index contributed by atoms with van der Waals surface area (Å²) in [6.45, 7) is 4.55. The van der Waals surface area contributed by atoms with E-state index in [4.69, 9.17) is 4.74 Å². The molecule has 1 aromatic rings. The number of benzene rings is 1. The summed E-state index contributed by atoms with van der Waals surface area (Å²) in [7, 11) is -3.13. The van der Waals surface area contributed by atoms with Crippen molar-refractivity contribution in [3.05, 3.63) is 24.3 Å². The Kier molecular flexibility index (Phi) is 6.77. The molecule has 2 heterocycles. The van der Waals surface area contributed by atoms with E-state index in [9.17, 15) is 22.8 Å². The highest BCUT2D eigenvalue weighted by Crippen LogP contribution is 2.32. The number of unbranched alkanes of at least 4 members (excludes halogenated alkanes) is 1. The third-order valence-electron chi connectivity index (χ3n) is 5.31.